The summed E-state index contributed by atoms with van der Waals surface area (Å²) >= 11 is 0. The molecule has 0 heterocycles. The summed E-state index contributed by atoms with van der Waals surface area (Å²) in [5.41, 5.74) is 0.0511. The quantitative estimate of drug-likeness (QED) is 0.258. The molecule has 7 nitrogen and oxygen atoms in total. The molecule has 2 aromatic carbocycles. The van der Waals surface area contributed by atoms with Crippen LogP contribution in [-0.4, -0.2) is 54.4 Å². The van der Waals surface area contributed by atoms with E-state index in [2.05, 4.69) is 5.32 Å². The molecule has 0 bridgehead atoms. The Morgan fingerprint density at radius 1 is 1.07 bits per heavy atom. The van der Waals surface area contributed by atoms with Crippen molar-refractivity contribution >= 4 is 17.7 Å². The number of benzene rings is 2. The summed E-state index contributed by atoms with van der Waals surface area (Å²) < 4.78 is 50.5. The molecule has 0 saturated heterocycles. The second-order valence-corrected chi connectivity index (χ2v) is 10.1. The standard InChI is InChI=1S/C30H39F3N2O5/c1-2-39-27(28(36)37)20-23-13-15-26(16-14-23)40-19-18-35(17-7-10-22-8-4-3-5-9-22)29(38)34-25-12-6-11-24(21-25)30(31,32)33/h6,11-16,21-22,27H,2-5,7-10,17-20H2,1H3,(H,34,38)(H,36,37). The molecule has 220 valence electrons. The number of carboxylic acids is 1. The number of nitrogens with zero attached hydrogens (tertiary/aromatic N) is 1. The lowest BCUT2D eigenvalue weighted by molar-refractivity contribution is -0.150. The number of urea groups is 1. The van der Waals surface area contributed by atoms with E-state index < -0.39 is 29.8 Å². The highest BCUT2D eigenvalue weighted by Gasteiger charge is 2.30. The van der Waals surface area contributed by atoms with Crippen molar-refractivity contribution in [1.29, 1.82) is 0 Å². The predicted octanol–water partition coefficient (Wildman–Crippen LogP) is 7.01. The SMILES string of the molecule is CCOC(Cc1ccc(OCCN(CCCC2CCCCC2)C(=O)Nc2cccc(C(F)(F)F)c2)cc1)C(=O)O. The predicted molar refractivity (Wildman–Crippen MR) is 147 cm³/mol. The maximum absolute atomic E-state index is 13.1. The van der Waals surface area contributed by atoms with Crippen molar-refractivity contribution in [3.05, 3.63) is 59.7 Å². The Balaban J connectivity index is 1.57. The zero-order valence-electron chi connectivity index (χ0n) is 22.9. The van der Waals surface area contributed by atoms with Crippen LogP contribution in [0.15, 0.2) is 48.5 Å². The number of anilines is 1. The number of hydrogen-bond acceptors (Lipinski definition) is 4. The summed E-state index contributed by atoms with van der Waals surface area (Å²) in [4.78, 5) is 26.0. The summed E-state index contributed by atoms with van der Waals surface area (Å²) in [5.74, 6) is 0.196. The number of carbonyl (C=O) groups excluding carboxylic acids is 1. The van der Waals surface area contributed by atoms with Crippen LogP contribution in [0.4, 0.5) is 23.7 Å². The minimum absolute atomic E-state index is 0.0836. The van der Waals surface area contributed by atoms with Crippen LogP contribution in [0.3, 0.4) is 0 Å². The topological polar surface area (TPSA) is 88.1 Å². The van der Waals surface area contributed by atoms with Gasteiger partial charge in [0, 0.05) is 25.3 Å². The van der Waals surface area contributed by atoms with Crippen LogP contribution in [0.1, 0.15) is 63.0 Å². The average molecular weight is 565 g/mol. The van der Waals surface area contributed by atoms with Gasteiger partial charge >= 0.3 is 18.2 Å². The zero-order valence-corrected chi connectivity index (χ0v) is 22.9. The summed E-state index contributed by atoms with van der Waals surface area (Å²) in [6.07, 6.45) is 2.77. The van der Waals surface area contributed by atoms with Gasteiger partial charge in [-0.2, -0.15) is 13.2 Å². The molecule has 1 atom stereocenters. The highest BCUT2D eigenvalue weighted by molar-refractivity contribution is 5.89. The molecule has 0 aromatic heterocycles. The first kappa shape index (κ1) is 31.3. The molecule has 1 fully saturated rings. The minimum Gasteiger partial charge on any atom is -0.492 e. The maximum Gasteiger partial charge on any atom is 0.416 e. The normalized spacial score (nSPS) is 14.9. The van der Waals surface area contributed by atoms with Gasteiger partial charge in [0.05, 0.1) is 12.1 Å². The molecular weight excluding hydrogens is 525 g/mol. The molecule has 3 rings (SSSR count). The smallest absolute Gasteiger partial charge is 0.416 e. The molecule has 1 aliphatic rings. The third-order valence-corrected chi connectivity index (χ3v) is 7.11. The number of aliphatic carboxylic acids is 1. The van der Waals surface area contributed by atoms with Crippen molar-refractivity contribution in [2.75, 3.05) is 31.6 Å². The van der Waals surface area contributed by atoms with Crippen molar-refractivity contribution in [2.45, 2.75) is 70.6 Å². The minimum atomic E-state index is -4.50. The van der Waals surface area contributed by atoms with Crippen LogP contribution >= 0.6 is 0 Å². The second-order valence-electron chi connectivity index (χ2n) is 10.1. The number of carboxylic acid groups (broad SMARTS) is 1. The van der Waals surface area contributed by atoms with Crippen molar-refractivity contribution in [3.63, 3.8) is 0 Å². The fourth-order valence-electron chi connectivity index (χ4n) is 4.97. The fraction of sp³-hybridized carbons (Fsp3) is 0.533. The van der Waals surface area contributed by atoms with Crippen LogP contribution in [0.2, 0.25) is 0 Å². The number of halogens is 3. The fourth-order valence-corrected chi connectivity index (χ4v) is 4.97. The molecule has 1 aliphatic carbocycles. The number of hydrogen-bond donors (Lipinski definition) is 2. The lowest BCUT2D eigenvalue weighted by atomic mass is 9.86. The summed E-state index contributed by atoms with van der Waals surface area (Å²) in [7, 11) is 0. The van der Waals surface area contributed by atoms with Crippen LogP contribution in [-0.2, 0) is 22.1 Å². The highest BCUT2D eigenvalue weighted by Crippen LogP contribution is 2.31. The van der Waals surface area contributed by atoms with E-state index in [1.807, 2.05) is 0 Å². The van der Waals surface area contributed by atoms with Crippen LogP contribution in [0, 0.1) is 5.92 Å². The van der Waals surface area contributed by atoms with Crippen molar-refractivity contribution in [1.82, 2.24) is 4.90 Å². The first-order chi connectivity index (χ1) is 19.2. The molecule has 0 spiro atoms. The molecule has 2 amide bonds. The number of nitrogens with one attached hydrogen (secondary N) is 1. The highest BCUT2D eigenvalue weighted by atomic mass is 19.4. The summed E-state index contributed by atoms with van der Waals surface area (Å²) in [6, 6.07) is 11.1. The first-order valence-electron chi connectivity index (χ1n) is 13.9. The number of rotatable bonds is 14. The Kier molecular flexibility index (Phi) is 12.1. The Morgan fingerprint density at radius 3 is 2.45 bits per heavy atom. The monoisotopic (exact) mass is 564 g/mol. The van der Waals surface area contributed by atoms with E-state index in [9.17, 15) is 27.9 Å². The molecule has 1 unspecified atom stereocenters. The van der Waals surface area contributed by atoms with Gasteiger partial charge in [0.1, 0.15) is 12.4 Å². The third kappa shape index (κ3) is 10.4. The van der Waals surface area contributed by atoms with Gasteiger partial charge in [-0.1, -0.05) is 50.3 Å². The zero-order chi connectivity index (χ0) is 29.0. The van der Waals surface area contributed by atoms with E-state index in [1.54, 1.807) is 36.1 Å². The van der Waals surface area contributed by atoms with E-state index in [0.717, 1.165) is 30.5 Å². The molecule has 1 saturated carbocycles. The van der Waals surface area contributed by atoms with E-state index in [-0.39, 0.29) is 25.3 Å². The van der Waals surface area contributed by atoms with Gasteiger partial charge in [0.2, 0.25) is 0 Å². The van der Waals surface area contributed by atoms with E-state index in [0.29, 0.717) is 24.8 Å². The Bertz CT molecular complexity index is 1070. The Morgan fingerprint density at radius 2 is 1.80 bits per heavy atom. The van der Waals surface area contributed by atoms with Crippen molar-refractivity contribution < 1.29 is 37.3 Å². The summed E-state index contributed by atoms with van der Waals surface area (Å²) in [6.45, 7) is 2.96. The van der Waals surface area contributed by atoms with Gasteiger partial charge in [-0.05, 0) is 61.6 Å². The second kappa shape index (κ2) is 15.5. The van der Waals surface area contributed by atoms with Gasteiger partial charge in [0.25, 0.3) is 0 Å². The van der Waals surface area contributed by atoms with Gasteiger partial charge in [-0.25, -0.2) is 9.59 Å². The molecule has 0 aliphatic heterocycles. The number of amides is 2. The third-order valence-electron chi connectivity index (χ3n) is 7.11. The number of alkyl halides is 3. The molecule has 2 aromatic rings. The molecule has 10 heteroatoms. The van der Waals surface area contributed by atoms with Crippen molar-refractivity contribution in [2.24, 2.45) is 5.92 Å². The van der Waals surface area contributed by atoms with E-state index in [4.69, 9.17) is 9.47 Å². The molecular formula is C30H39F3N2O5. The first-order valence-corrected chi connectivity index (χ1v) is 13.9. The lowest BCUT2D eigenvalue weighted by Crippen LogP contribution is -2.38. The molecule has 40 heavy (non-hydrogen) atoms. The Hall–Kier alpha value is -3.27. The number of carbonyl (C=O) groups is 2. The molecule has 0 radical (unpaired) electrons. The molecule has 2 N–H and O–H groups in total. The van der Waals surface area contributed by atoms with Crippen LogP contribution in [0.5, 0.6) is 5.75 Å². The Labute approximate surface area is 233 Å². The van der Waals surface area contributed by atoms with Gasteiger partial charge < -0.3 is 24.8 Å². The van der Waals surface area contributed by atoms with Crippen LogP contribution in [0.25, 0.3) is 0 Å². The number of ether oxygens (including phenoxy) is 2. The van der Waals surface area contributed by atoms with Crippen LogP contribution < -0.4 is 10.1 Å². The average Bonchev–Trinajstić information content (AvgIpc) is 2.93. The van der Waals surface area contributed by atoms with Crippen molar-refractivity contribution in [3.8, 4) is 5.75 Å². The lowest BCUT2D eigenvalue weighted by Gasteiger charge is -2.26. The van der Waals surface area contributed by atoms with E-state index >= 15 is 0 Å². The van der Waals surface area contributed by atoms with Gasteiger partial charge in [-0.15, -0.1) is 0 Å². The summed E-state index contributed by atoms with van der Waals surface area (Å²) in [5, 5.41) is 11.9. The maximum atomic E-state index is 13.1. The van der Waals surface area contributed by atoms with Gasteiger partial charge in [0.15, 0.2) is 6.10 Å². The largest absolute Gasteiger partial charge is 0.492 e. The van der Waals surface area contributed by atoms with E-state index in [1.165, 1.54) is 44.2 Å². The van der Waals surface area contributed by atoms with Gasteiger partial charge in [-0.3, -0.25) is 0 Å².